The summed E-state index contributed by atoms with van der Waals surface area (Å²) in [5, 5.41) is 2.08. The van der Waals surface area contributed by atoms with Crippen LogP contribution in [0, 0.1) is 6.92 Å². The summed E-state index contributed by atoms with van der Waals surface area (Å²) in [6.45, 7) is 4.30. The van der Waals surface area contributed by atoms with Crippen LogP contribution in [-0.4, -0.2) is 57.8 Å². The topological polar surface area (TPSA) is 82.4 Å². The van der Waals surface area contributed by atoms with Crippen molar-refractivity contribution in [1.82, 2.24) is 8.87 Å². The summed E-state index contributed by atoms with van der Waals surface area (Å²) >= 11 is 1.56. The number of morpholine rings is 1. The van der Waals surface area contributed by atoms with Gasteiger partial charge in [-0.1, -0.05) is 35.9 Å². The molecule has 1 saturated heterocycles. The Morgan fingerprint density at radius 2 is 1.62 bits per heavy atom. The molecule has 0 spiro atoms. The molecule has 2 heterocycles. The maximum atomic E-state index is 13.1. The number of aryl methyl sites for hydroxylation is 2. The highest BCUT2D eigenvalue weighted by Crippen LogP contribution is 2.29. The highest BCUT2D eigenvalue weighted by atomic mass is 32.2. The minimum atomic E-state index is -3.56. The number of nitrogens with zero attached hydrogens (tertiary/aromatic N) is 3. The summed E-state index contributed by atoms with van der Waals surface area (Å²) in [4.78, 5) is 6.09. The molecule has 1 aromatic heterocycles. The summed E-state index contributed by atoms with van der Waals surface area (Å²) in [6.07, 6.45) is 0.745. The number of thiazole rings is 1. The molecular weight excluding hydrogens is 546 g/mol. The zero-order valence-electron chi connectivity index (χ0n) is 22.9. The van der Waals surface area contributed by atoms with Crippen molar-refractivity contribution in [2.24, 2.45) is 4.99 Å². The van der Waals surface area contributed by atoms with Crippen molar-refractivity contribution < 1.29 is 22.6 Å². The van der Waals surface area contributed by atoms with Gasteiger partial charge in [0.15, 0.2) is 16.3 Å². The smallest absolute Gasteiger partial charge is 0.243 e. The molecule has 0 atom stereocenters. The molecule has 40 heavy (non-hydrogen) atoms. The van der Waals surface area contributed by atoms with Gasteiger partial charge in [-0.2, -0.15) is 4.31 Å². The van der Waals surface area contributed by atoms with Crippen molar-refractivity contribution in [2.45, 2.75) is 24.8 Å². The Hall–Kier alpha value is -3.44. The van der Waals surface area contributed by atoms with Crippen molar-refractivity contribution in [3.63, 3.8) is 0 Å². The molecule has 5 rings (SSSR count). The Morgan fingerprint density at radius 1 is 0.925 bits per heavy atom. The van der Waals surface area contributed by atoms with Gasteiger partial charge in [0.2, 0.25) is 10.0 Å². The molecule has 8 nitrogen and oxygen atoms in total. The first-order chi connectivity index (χ1) is 19.4. The largest absolute Gasteiger partial charge is 0.493 e. The lowest BCUT2D eigenvalue weighted by Gasteiger charge is -2.26. The maximum Gasteiger partial charge on any atom is 0.243 e. The van der Waals surface area contributed by atoms with Gasteiger partial charge in [-0.3, -0.25) is 0 Å². The summed E-state index contributed by atoms with van der Waals surface area (Å²) in [6, 6.07) is 21.2. The second-order valence-corrected chi connectivity index (χ2v) is 12.3. The average Bonchev–Trinajstić information content (AvgIpc) is 3.39. The molecule has 10 heteroatoms. The summed E-state index contributed by atoms with van der Waals surface area (Å²) < 4.78 is 46.1. The van der Waals surface area contributed by atoms with Gasteiger partial charge in [0.25, 0.3) is 0 Å². The molecule has 0 bridgehead atoms. The van der Waals surface area contributed by atoms with Crippen LogP contribution in [-0.2, 0) is 27.7 Å². The predicted octanol–water partition coefficient (Wildman–Crippen LogP) is 5.04. The van der Waals surface area contributed by atoms with E-state index in [0.717, 1.165) is 33.7 Å². The number of hydrogen-bond donors (Lipinski definition) is 0. The van der Waals surface area contributed by atoms with Crippen LogP contribution in [0.5, 0.6) is 11.5 Å². The first-order valence-electron chi connectivity index (χ1n) is 13.1. The number of benzene rings is 3. The molecule has 3 aromatic carbocycles. The SMILES string of the molecule is COc1ccc(CCn2c(-c3ccc(S(=O)(=O)N4CCOCC4)cc3)csc2=Nc2ccc(C)cc2)cc1OC. The quantitative estimate of drug-likeness (QED) is 0.278. The molecule has 1 fully saturated rings. The molecule has 0 aliphatic carbocycles. The van der Waals surface area contributed by atoms with E-state index < -0.39 is 10.0 Å². The number of hydrogen-bond acceptors (Lipinski definition) is 7. The molecule has 0 saturated carbocycles. The third-order valence-electron chi connectivity index (χ3n) is 6.89. The van der Waals surface area contributed by atoms with Gasteiger partial charge in [0, 0.05) is 25.0 Å². The maximum absolute atomic E-state index is 13.1. The van der Waals surface area contributed by atoms with Crippen LogP contribution in [0.3, 0.4) is 0 Å². The fourth-order valence-corrected chi connectivity index (χ4v) is 6.97. The Labute approximate surface area is 239 Å². The van der Waals surface area contributed by atoms with Crippen molar-refractivity contribution in [3.8, 4) is 22.8 Å². The lowest BCUT2D eigenvalue weighted by atomic mass is 10.1. The van der Waals surface area contributed by atoms with Crippen molar-refractivity contribution in [3.05, 3.63) is 88.0 Å². The Bertz CT molecular complexity index is 1620. The van der Waals surface area contributed by atoms with Gasteiger partial charge in [-0.25, -0.2) is 13.4 Å². The fraction of sp³-hybridized carbons (Fsp3) is 0.300. The first-order valence-corrected chi connectivity index (χ1v) is 15.4. The third kappa shape index (κ3) is 6.15. The van der Waals surface area contributed by atoms with Crippen molar-refractivity contribution in [2.75, 3.05) is 40.5 Å². The predicted molar refractivity (Wildman–Crippen MR) is 157 cm³/mol. The highest BCUT2D eigenvalue weighted by Gasteiger charge is 2.26. The second kappa shape index (κ2) is 12.4. The molecule has 210 valence electrons. The molecule has 1 aliphatic rings. The lowest BCUT2D eigenvalue weighted by molar-refractivity contribution is 0.0730. The average molecular weight is 580 g/mol. The lowest BCUT2D eigenvalue weighted by Crippen LogP contribution is -2.40. The van der Waals surface area contributed by atoms with Crippen LogP contribution in [0.4, 0.5) is 5.69 Å². The van der Waals surface area contributed by atoms with Gasteiger partial charge < -0.3 is 18.8 Å². The van der Waals surface area contributed by atoms with Crippen molar-refractivity contribution >= 4 is 27.0 Å². The number of aromatic nitrogens is 1. The minimum Gasteiger partial charge on any atom is -0.493 e. The fourth-order valence-electron chi connectivity index (χ4n) is 4.61. The normalized spacial score (nSPS) is 14.8. The Balaban J connectivity index is 1.48. The van der Waals surface area contributed by atoms with E-state index in [9.17, 15) is 8.42 Å². The Kier molecular flexibility index (Phi) is 8.70. The van der Waals surface area contributed by atoms with E-state index in [1.165, 1.54) is 9.87 Å². The monoisotopic (exact) mass is 579 g/mol. The molecule has 4 aromatic rings. The van der Waals surface area contributed by atoms with Gasteiger partial charge in [-0.05, 0) is 60.9 Å². The molecule has 0 unspecified atom stereocenters. The Morgan fingerprint density at radius 3 is 2.30 bits per heavy atom. The van der Waals surface area contributed by atoms with Gasteiger partial charge >= 0.3 is 0 Å². The van der Waals surface area contributed by atoms with Gasteiger partial charge in [0.05, 0.1) is 43.7 Å². The molecule has 0 N–H and O–H groups in total. The number of ether oxygens (including phenoxy) is 3. The van der Waals surface area contributed by atoms with E-state index in [-0.39, 0.29) is 4.90 Å². The number of rotatable bonds is 9. The van der Waals surface area contributed by atoms with Crippen molar-refractivity contribution in [1.29, 1.82) is 0 Å². The van der Waals surface area contributed by atoms with Crippen LogP contribution < -0.4 is 14.3 Å². The van der Waals surface area contributed by atoms with Crippen LogP contribution >= 0.6 is 11.3 Å². The zero-order valence-corrected chi connectivity index (χ0v) is 24.5. The van der Waals surface area contributed by atoms with E-state index in [1.54, 1.807) is 37.7 Å². The third-order valence-corrected chi connectivity index (χ3v) is 9.66. The first kappa shape index (κ1) is 28.1. The number of methoxy groups -OCH3 is 2. The van der Waals surface area contributed by atoms with Crippen LogP contribution in [0.2, 0.25) is 0 Å². The van der Waals surface area contributed by atoms with E-state index in [2.05, 4.69) is 29.0 Å². The van der Waals surface area contributed by atoms with E-state index >= 15 is 0 Å². The highest BCUT2D eigenvalue weighted by molar-refractivity contribution is 7.89. The van der Waals surface area contributed by atoms with Crippen LogP contribution in [0.1, 0.15) is 11.1 Å². The molecule has 1 aliphatic heterocycles. The second-order valence-electron chi connectivity index (χ2n) is 9.48. The van der Waals surface area contributed by atoms with E-state index in [1.807, 2.05) is 42.5 Å². The van der Waals surface area contributed by atoms with Crippen LogP contribution in [0.15, 0.2) is 82.0 Å². The molecular formula is C30H33N3O5S2. The molecule has 0 radical (unpaired) electrons. The number of sulfonamides is 1. The summed E-state index contributed by atoms with van der Waals surface area (Å²) in [5.74, 6) is 1.38. The zero-order chi connectivity index (χ0) is 28.1. The minimum absolute atomic E-state index is 0.287. The van der Waals surface area contributed by atoms with Crippen LogP contribution in [0.25, 0.3) is 11.3 Å². The molecule has 0 amide bonds. The summed E-state index contributed by atoms with van der Waals surface area (Å²) in [7, 11) is -0.300. The van der Waals surface area contributed by atoms with Gasteiger partial charge in [-0.15, -0.1) is 11.3 Å². The summed E-state index contributed by atoms with van der Waals surface area (Å²) in [5.41, 5.74) is 5.07. The van der Waals surface area contributed by atoms with Gasteiger partial charge in [0.1, 0.15) is 0 Å². The standard InChI is InChI=1S/C30H33N3O5S2/c1-22-4-9-25(10-5-22)31-30-33(15-14-23-6-13-28(36-2)29(20-23)37-3)27(21-39-30)24-7-11-26(12-8-24)40(34,35)32-16-18-38-19-17-32/h4-13,20-21H,14-19H2,1-3H3. The van der Waals surface area contributed by atoms with E-state index in [0.29, 0.717) is 44.3 Å². The van der Waals surface area contributed by atoms with E-state index in [4.69, 9.17) is 19.2 Å².